The average Bonchev–Trinajstić information content (AvgIpc) is 3.26. The Balaban J connectivity index is 1.54. The predicted octanol–water partition coefficient (Wildman–Crippen LogP) is 3.56. The third-order valence-corrected chi connectivity index (χ3v) is 4.97. The highest BCUT2D eigenvalue weighted by atomic mass is 16.5. The Morgan fingerprint density at radius 2 is 1.82 bits per heavy atom. The molecule has 28 heavy (non-hydrogen) atoms. The topological polar surface area (TPSA) is 89.9 Å². The maximum atomic E-state index is 9.20. The van der Waals surface area contributed by atoms with Crippen LogP contribution in [0.2, 0.25) is 0 Å². The molecule has 5 rings (SSSR count). The summed E-state index contributed by atoms with van der Waals surface area (Å²) in [7, 11) is 0. The zero-order valence-electron chi connectivity index (χ0n) is 15.2. The molecule has 1 aromatic carbocycles. The maximum Gasteiger partial charge on any atom is 0.262 e. The first kappa shape index (κ1) is 16.8. The highest BCUT2D eigenvalue weighted by molar-refractivity contribution is 5.77. The number of hydrogen-bond acceptors (Lipinski definition) is 6. The number of aliphatic hydroxyl groups excluding tert-OH is 1. The van der Waals surface area contributed by atoms with Crippen molar-refractivity contribution in [2.24, 2.45) is 5.92 Å². The second-order valence-electron chi connectivity index (χ2n) is 7.05. The molecule has 0 amide bonds. The molecule has 3 heterocycles. The minimum Gasteiger partial charge on any atom is -0.392 e. The number of nitrogens with zero attached hydrogens (tertiary/aromatic N) is 5. The Morgan fingerprint density at radius 1 is 1.04 bits per heavy atom. The molecule has 140 valence electrons. The van der Waals surface area contributed by atoms with E-state index in [9.17, 15) is 5.11 Å². The third-order valence-electron chi connectivity index (χ3n) is 4.97. The summed E-state index contributed by atoms with van der Waals surface area (Å²) in [5.41, 5.74) is 4.49. The van der Waals surface area contributed by atoms with Crippen molar-refractivity contribution in [3.8, 4) is 34.1 Å². The van der Waals surface area contributed by atoms with Crippen LogP contribution < -0.4 is 0 Å². The van der Waals surface area contributed by atoms with Gasteiger partial charge < -0.3 is 9.63 Å². The van der Waals surface area contributed by atoms with Crippen molar-refractivity contribution in [3.05, 3.63) is 60.6 Å². The summed E-state index contributed by atoms with van der Waals surface area (Å²) >= 11 is 0. The summed E-state index contributed by atoms with van der Waals surface area (Å²) in [5, 5.41) is 17.9. The molecule has 1 saturated carbocycles. The van der Waals surface area contributed by atoms with Crippen molar-refractivity contribution in [1.82, 2.24) is 24.9 Å². The fourth-order valence-corrected chi connectivity index (χ4v) is 3.25. The van der Waals surface area contributed by atoms with Gasteiger partial charge in [0.05, 0.1) is 24.1 Å². The molecule has 4 aromatic rings. The zero-order valence-corrected chi connectivity index (χ0v) is 15.2. The van der Waals surface area contributed by atoms with Crippen LogP contribution in [0.5, 0.6) is 0 Å². The summed E-state index contributed by atoms with van der Waals surface area (Å²) < 4.78 is 7.61. The normalized spacial score (nSPS) is 13.8. The fraction of sp³-hybridized carbons (Fsp3) is 0.238. The number of hydrogen-bond donors (Lipinski definition) is 1. The Bertz CT molecular complexity index is 1080. The number of rotatable bonds is 6. The van der Waals surface area contributed by atoms with E-state index in [1.807, 2.05) is 41.1 Å². The number of aromatic nitrogens is 5. The quantitative estimate of drug-likeness (QED) is 0.556. The zero-order chi connectivity index (χ0) is 18.9. The van der Waals surface area contributed by atoms with Crippen LogP contribution in [0.3, 0.4) is 0 Å². The smallest absolute Gasteiger partial charge is 0.262 e. The van der Waals surface area contributed by atoms with Gasteiger partial charge in [-0.25, -0.2) is 0 Å². The molecule has 1 fully saturated rings. The van der Waals surface area contributed by atoms with Crippen molar-refractivity contribution >= 4 is 0 Å². The van der Waals surface area contributed by atoms with Crippen LogP contribution in [0, 0.1) is 5.92 Å². The molecular weight excluding hydrogens is 354 g/mol. The van der Waals surface area contributed by atoms with Crippen LogP contribution in [0.1, 0.15) is 18.4 Å². The predicted molar refractivity (Wildman–Crippen MR) is 103 cm³/mol. The van der Waals surface area contributed by atoms with Gasteiger partial charge in [-0.2, -0.15) is 10.1 Å². The van der Waals surface area contributed by atoms with Crippen molar-refractivity contribution < 1.29 is 9.63 Å². The second kappa shape index (κ2) is 7.01. The first-order chi connectivity index (χ1) is 13.8. The molecule has 3 aromatic heterocycles. The largest absolute Gasteiger partial charge is 0.392 e. The van der Waals surface area contributed by atoms with Gasteiger partial charge in [-0.05, 0) is 36.5 Å². The Morgan fingerprint density at radius 3 is 2.54 bits per heavy atom. The monoisotopic (exact) mass is 373 g/mol. The van der Waals surface area contributed by atoms with Gasteiger partial charge >= 0.3 is 0 Å². The van der Waals surface area contributed by atoms with Crippen molar-refractivity contribution in [1.29, 1.82) is 0 Å². The molecule has 7 heteroatoms. The van der Waals surface area contributed by atoms with Crippen LogP contribution >= 0.6 is 0 Å². The summed E-state index contributed by atoms with van der Waals surface area (Å²) in [6.45, 7) is 0.897. The van der Waals surface area contributed by atoms with E-state index in [0.29, 0.717) is 17.6 Å². The van der Waals surface area contributed by atoms with Gasteiger partial charge in [0, 0.05) is 30.1 Å². The van der Waals surface area contributed by atoms with Crippen LogP contribution in [-0.2, 0) is 13.2 Å². The molecule has 7 nitrogen and oxygen atoms in total. The summed E-state index contributed by atoms with van der Waals surface area (Å²) in [4.78, 5) is 8.71. The molecule has 0 atom stereocenters. The third kappa shape index (κ3) is 3.20. The standard InChI is InChI=1S/C21H19N5O2/c27-13-15-3-5-17(6-4-15)20-24-21(28-25-20)18-11-23-26(12-14-1-2-14)19(18)16-7-9-22-10-8-16/h3-11,14,27H,1-2,12-13H2. The summed E-state index contributed by atoms with van der Waals surface area (Å²) in [5.74, 6) is 1.64. The summed E-state index contributed by atoms with van der Waals surface area (Å²) in [6, 6.07) is 11.4. The minimum atomic E-state index is 0.00719. The highest BCUT2D eigenvalue weighted by Gasteiger charge is 2.26. The molecule has 0 radical (unpaired) electrons. The van der Waals surface area contributed by atoms with Crippen LogP contribution in [0.4, 0.5) is 0 Å². The molecule has 1 aliphatic rings. The van der Waals surface area contributed by atoms with Crippen molar-refractivity contribution in [2.75, 3.05) is 0 Å². The molecular formula is C21H19N5O2. The van der Waals surface area contributed by atoms with E-state index >= 15 is 0 Å². The first-order valence-corrected chi connectivity index (χ1v) is 9.32. The minimum absolute atomic E-state index is 0.00719. The van der Waals surface area contributed by atoms with E-state index in [-0.39, 0.29) is 6.61 Å². The van der Waals surface area contributed by atoms with Crippen molar-refractivity contribution in [2.45, 2.75) is 26.0 Å². The SMILES string of the molecule is OCc1ccc(-c2noc(-c3cnn(CC4CC4)c3-c3ccncc3)n2)cc1. The summed E-state index contributed by atoms with van der Waals surface area (Å²) in [6.07, 6.45) is 7.84. The molecule has 0 aliphatic heterocycles. The number of pyridine rings is 1. The lowest BCUT2D eigenvalue weighted by Gasteiger charge is -2.08. The molecule has 1 N–H and O–H groups in total. The first-order valence-electron chi connectivity index (χ1n) is 9.32. The van der Waals surface area contributed by atoms with Crippen LogP contribution in [-0.4, -0.2) is 30.0 Å². The molecule has 0 bridgehead atoms. The lowest BCUT2D eigenvalue weighted by molar-refractivity contribution is 0.282. The van der Waals surface area contributed by atoms with Gasteiger partial charge in [-0.3, -0.25) is 9.67 Å². The van der Waals surface area contributed by atoms with E-state index in [0.717, 1.165) is 34.5 Å². The van der Waals surface area contributed by atoms with Gasteiger partial charge in [0.25, 0.3) is 5.89 Å². The average molecular weight is 373 g/mol. The molecule has 0 saturated heterocycles. The van der Waals surface area contributed by atoms with E-state index in [4.69, 9.17) is 4.52 Å². The van der Waals surface area contributed by atoms with Gasteiger partial charge in [-0.1, -0.05) is 29.4 Å². The van der Waals surface area contributed by atoms with E-state index < -0.39 is 0 Å². The van der Waals surface area contributed by atoms with Gasteiger partial charge in [0.1, 0.15) is 0 Å². The van der Waals surface area contributed by atoms with Gasteiger partial charge in [-0.15, -0.1) is 0 Å². The molecule has 0 unspecified atom stereocenters. The lowest BCUT2D eigenvalue weighted by atomic mass is 10.1. The number of aliphatic hydroxyl groups is 1. The van der Waals surface area contributed by atoms with E-state index in [1.165, 1.54) is 12.8 Å². The van der Waals surface area contributed by atoms with E-state index in [1.54, 1.807) is 18.6 Å². The van der Waals surface area contributed by atoms with Crippen LogP contribution in [0.15, 0.2) is 59.5 Å². The van der Waals surface area contributed by atoms with Crippen LogP contribution in [0.25, 0.3) is 34.1 Å². The molecule has 0 spiro atoms. The van der Waals surface area contributed by atoms with E-state index in [2.05, 4.69) is 20.2 Å². The Labute approximate surface area is 161 Å². The van der Waals surface area contributed by atoms with Gasteiger partial charge in [0.15, 0.2) is 0 Å². The number of benzene rings is 1. The molecule has 1 aliphatic carbocycles. The lowest BCUT2D eigenvalue weighted by Crippen LogP contribution is -2.04. The van der Waals surface area contributed by atoms with Gasteiger partial charge in [0.2, 0.25) is 5.82 Å². The Hall–Kier alpha value is -3.32. The second-order valence-corrected chi connectivity index (χ2v) is 7.05. The highest BCUT2D eigenvalue weighted by Crippen LogP contribution is 2.36. The Kier molecular flexibility index (Phi) is 4.21. The maximum absolute atomic E-state index is 9.20. The fourth-order valence-electron chi connectivity index (χ4n) is 3.25. The van der Waals surface area contributed by atoms with Crippen molar-refractivity contribution in [3.63, 3.8) is 0 Å².